The van der Waals surface area contributed by atoms with Crippen LogP contribution < -0.4 is 0 Å². The van der Waals surface area contributed by atoms with Gasteiger partial charge in [0.2, 0.25) is 0 Å². The first-order valence-corrected chi connectivity index (χ1v) is 4.21. The van der Waals surface area contributed by atoms with Crippen LogP contribution in [0, 0.1) is 13.8 Å². The number of hydrogen-bond donors (Lipinski definition) is 0. The van der Waals surface area contributed by atoms with Crippen LogP contribution >= 0.6 is 11.6 Å². The van der Waals surface area contributed by atoms with E-state index < -0.39 is 0 Å². The van der Waals surface area contributed by atoms with Gasteiger partial charge in [-0.15, -0.1) is 0 Å². The second-order valence-electron chi connectivity index (χ2n) is 2.92. The average molecular weight is 181 g/mol. The van der Waals surface area contributed by atoms with Crippen LogP contribution in [0.1, 0.15) is 11.3 Å². The number of hydrogen-bond acceptors (Lipinski definition) is 1. The number of fused-ring (bicyclic) bond motifs is 1. The lowest BCUT2D eigenvalue weighted by Crippen LogP contribution is -1.69. The summed E-state index contributed by atoms with van der Waals surface area (Å²) in [4.78, 5) is 0. The minimum atomic E-state index is 0.719. The smallest absolute Gasteiger partial charge is 0.136 e. The molecule has 0 amide bonds. The molecular weight excluding hydrogens is 172 g/mol. The monoisotopic (exact) mass is 180 g/mol. The Balaban J connectivity index is 2.87. The molecule has 0 N–H and O–H groups in total. The molecule has 1 aromatic heterocycles. The first-order chi connectivity index (χ1) is 5.68. The van der Waals surface area contributed by atoms with Gasteiger partial charge >= 0.3 is 0 Å². The van der Waals surface area contributed by atoms with E-state index in [-0.39, 0.29) is 0 Å². The lowest BCUT2D eigenvalue weighted by atomic mass is 10.2. The van der Waals surface area contributed by atoms with Crippen molar-refractivity contribution < 1.29 is 4.42 Å². The minimum Gasteiger partial charge on any atom is -0.461 e. The van der Waals surface area contributed by atoms with Crippen LogP contribution in [0.5, 0.6) is 0 Å². The summed E-state index contributed by atoms with van der Waals surface area (Å²) in [7, 11) is 0. The normalized spacial score (nSPS) is 10.9. The zero-order chi connectivity index (χ0) is 8.72. The Bertz CT molecular complexity index is 429. The molecular formula is C10H9ClO. The third-order valence-corrected chi connectivity index (χ3v) is 2.37. The van der Waals surface area contributed by atoms with Gasteiger partial charge in [0.25, 0.3) is 0 Å². The molecule has 0 saturated carbocycles. The Labute approximate surface area is 75.9 Å². The lowest BCUT2D eigenvalue weighted by Gasteiger charge is -1.89. The van der Waals surface area contributed by atoms with E-state index in [0.29, 0.717) is 0 Å². The van der Waals surface area contributed by atoms with Gasteiger partial charge in [-0.3, -0.25) is 0 Å². The SMILES string of the molecule is Cc1oc2cc(Cl)ccc2c1C. The molecule has 2 aromatic rings. The van der Waals surface area contributed by atoms with Gasteiger partial charge in [-0.25, -0.2) is 0 Å². The van der Waals surface area contributed by atoms with Crippen molar-refractivity contribution in [3.63, 3.8) is 0 Å². The fourth-order valence-corrected chi connectivity index (χ4v) is 1.48. The van der Waals surface area contributed by atoms with Gasteiger partial charge in [0.1, 0.15) is 11.3 Å². The Kier molecular flexibility index (Phi) is 1.62. The molecule has 0 spiro atoms. The van der Waals surface area contributed by atoms with E-state index in [9.17, 15) is 0 Å². The molecule has 1 aromatic carbocycles. The standard InChI is InChI=1S/C10H9ClO/c1-6-7(2)12-10-5-8(11)3-4-9(6)10/h3-5H,1-2H3. The molecule has 0 fully saturated rings. The van der Waals surface area contributed by atoms with E-state index in [1.165, 1.54) is 5.56 Å². The summed E-state index contributed by atoms with van der Waals surface area (Å²) in [5, 5.41) is 1.87. The highest BCUT2D eigenvalue weighted by molar-refractivity contribution is 6.31. The maximum absolute atomic E-state index is 5.82. The van der Waals surface area contributed by atoms with Gasteiger partial charge in [-0.05, 0) is 31.5 Å². The quantitative estimate of drug-likeness (QED) is 0.603. The maximum atomic E-state index is 5.82. The molecule has 62 valence electrons. The number of rotatable bonds is 0. The predicted octanol–water partition coefficient (Wildman–Crippen LogP) is 3.70. The van der Waals surface area contributed by atoms with Crippen molar-refractivity contribution >= 4 is 22.6 Å². The highest BCUT2D eigenvalue weighted by Gasteiger charge is 2.05. The molecule has 0 atom stereocenters. The van der Waals surface area contributed by atoms with Gasteiger partial charge in [0.15, 0.2) is 0 Å². The Morgan fingerprint density at radius 1 is 1.25 bits per heavy atom. The first-order valence-electron chi connectivity index (χ1n) is 3.84. The summed E-state index contributed by atoms with van der Waals surface area (Å²) < 4.78 is 5.50. The maximum Gasteiger partial charge on any atom is 0.136 e. The molecule has 0 aliphatic heterocycles. The molecule has 0 unspecified atom stereocenters. The lowest BCUT2D eigenvalue weighted by molar-refractivity contribution is 0.575. The molecule has 2 heteroatoms. The predicted molar refractivity (Wildman–Crippen MR) is 50.7 cm³/mol. The van der Waals surface area contributed by atoms with Crippen LogP contribution in [0.15, 0.2) is 22.6 Å². The number of aryl methyl sites for hydroxylation is 2. The molecule has 0 saturated heterocycles. The van der Waals surface area contributed by atoms with Crippen molar-refractivity contribution in [2.45, 2.75) is 13.8 Å². The van der Waals surface area contributed by atoms with E-state index in [4.69, 9.17) is 16.0 Å². The van der Waals surface area contributed by atoms with Gasteiger partial charge in [-0.2, -0.15) is 0 Å². The molecule has 0 aliphatic carbocycles. The Hall–Kier alpha value is -0.950. The van der Waals surface area contributed by atoms with E-state index in [0.717, 1.165) is 21.8 Å². The topological polar surface area (TPSA) is 13.1 Å². The summed E-state index contributed by atoms with van der Waals surface area (Å²) in [6.45, 7) is 4.01. The van der Waals surface area contributed by atoms with Crippen molar-refractivity contribution in [2.75, 3.05) is 0 Å². The van der Waals surface area contributed by atoms with Crippen LogP contribution in [-0.2, 0) is 0 Å². The summed E-state index contributed by atoms with van der Waals surface area (Å²) >= 11 is 5.82. The van der Waals surface area contributed by atoms with Crippen LogP contribution in [-0.4, -0.2) is 0 Å². The van der Waals surface area contributed by atoms with E-state index in [2.05, 4.69) is 6.92 Å². The van der Waals surface area contributed by atoms with E-state index in [1.54, 1.807) is 0 Å². The highest BCUT2D eigenvalue weighted by atomic mass is 35.5. The molecule has 2 rings (SSSR count). The van der Waals surface area contributed by atoms with Gasteiger partial charge in [-0.1, -0.05) is 11.6 Å². The van der Waals surface area contributed by atoms with Crippen LogP contribution in [0.25, 0.3) is 11.0 Å². The number of halogens is 1. The Morgan fingerprint density at radius 2 is 2.00 bits per heavy atom. The summed E-state index contributed by atoms with van der Waals surface area (Å²) in [5.41, 5.74) is 2.07. The molecule has 0 radical (unpaired) electrons. The van der Waals surface area contributed by atoms with Crippen molar-refractivity contribution in [2.24, 2.45) is 0 Å². The minimum absolute atomic E-state index is 0.719. The second kappa shape index (κ2) is 2.53. The molecule has 12 heavy (non-hydrogen) atoms. The van der Waals surface area contributed by atoms with Gasteiger partial charge in [0, 0.05) is 16.5 Å². The van der Waals surface area contributed by atoms with Crippen molar-refractivity contribution in [3.8, 4) is 0 Å². The fourth-order valence-electron chi connectivity index (χ4n) is 1.32. The molecule has 1 heterocycles. The summed E-state index contributed by atoms with van der Waals surface area (Å²) in [6.07, 6.45) is 0. The molecule has 0 bridgehead atoms. The number of furan rings is 1. The third-order valence-electron chi connectivity index (χ3n) is 2.14. The summed E-state index contributed by atoms with van der Waals surface area (Å²) in [5.74, 6) is 0.965. The number of benzene rings is 1. The van der Waals surface area contributed by atoms with Crippen molar-refractivity contribution in [1.29, 1.82) is 0 Å². The van der Waals surface area contributed by atoms with Gasteiger partial charge < -0.3 is 4.42 Å². The largest absolute Gasteiger partial charge is 0.461 e. The molecule has 0 aliphatic rings. The molecule has 1 nitrogen and oxygen atoms in total. The second-order valence-corrected chi connectivity index (χ2v) is 3.36. The zero-order valence-corrected chi connectivity index (χ0v) is 7.77. The Morgan fingerprint density at radius 3 is 2.75 bits per heavy atom. The van der Waals surface area contributed by atoms with Crippen LogP contribution in [0.3, 0.4) is 0 Å². The van der Waals surface area contributed by atoms with Crippen molar-refractivity contribution in [3.05, 3.63) is 34.5 Å². The fraction of sp³-hybridized carbons (Fsp3) is 0.200. The van der Waals surface area contributed by atoms with Crippen LogP contribution in [0.2, 0.25) is 5.02 Å². The third kappa shape index (κ3) is 1.01. The van der Waals surface area contributed by atoms with E-state index in [1.807, 2.05) is 25.1 Å². The summed E-state index contributed by atoms with van der Waals surface area (Å²) in [6, 6.07) is 5.71. The average Bonchev–Trinajstić information content (AvgIpc) is 2.28. The van der Waals surface area contributed by atoms with Crippen molar-refractivity contribution in [1.82, 2.24) is 0 Å². The van der Waals surface area contributed by atoms with Gasteiger partial charge in [0.05, 0.1) is 0 Å². The zero-order valence-electron chi connectivity index (χ0n) is 7.02. The van der Waals surface area contributed by atoms with Crippen LogP contribution in [0.4, 0.5) is 0 Å². The highest BCUT2D eigenvalue weighted by Crippen LogP contribution is 2.26. The van der Waals surface area contributed by atoms with E-state index >= 15 is 0 Å². The first kappa shape index (κ1) is 7.69.